The van der Waals surface area contributed by atoms with Crippen LogP contribution in [0.2, 0.25) is 0 Å². The Morgan fingerprint density at radius 1 is 0.415 bits per heavy atom. The van der Waals surface area contributed by atoms with Crippen molar-refractivity contribution in [3.8, 4) is 5.75 Å². The van der Waals surface area contributed by atoms with Gasteiger partial charge in [0.05, 0.1) is 7.11 Å². The van der Waals surface area contributed by atoms with Gasteiger partial charge >= 0.3 is 0 Å². The number of methoxy groups -OCH3 is 1. The molecule has 0 fully saturated rings. The number of hydrogen-bond donors (Lipinski definition) is 0. The van der Waals surface area contributed by atoms with Gasteiger partial charge in [-0.3, -0.25) is 0 Å². The average Bonchev–Trinajstić information content (AvgIpc) is 3.05. The van der Waals surface area contributed by atoms with Crippen molar-refractivity contribution >= 4 is 47.7 Å². The molecule has 0 saturated carbocycles. The molecule has 0 aliphatic rings. The highest BCUT2D eigenvalue weighted by atomic mass is 31.1. The molecular weight excluding hydrogens is 534 g/mol. The Hall–Kier alpha value is -4.02. The van der Waals surface area contributed by atoms with Gasteiger partial charge in [-0.25, -0.2) is 0 Å². The fraction of sp³-hybridized carbons (Fsp3) is 0.0526. The Bertz CT molecular complexity index is 1610. The summed E-state index contributed by atoms with van der Waals surface area (Å²) in [4.78, 5) is 0. The molecule has 200 valence electrons. The first kappa shape index (κ1) is 27.2. The minimum absolute atomic E-state index is 0.713. The molecule has 0 aliphatic carbocycles. The van der Waals surface area contributed by atoms with Crippen LogP contribution < -0.4 is 36.6 Å². The van der Waals surface area contributed by atoms with E-state index in [9.17, 15) is 0 Å². The van der Waals surface area contributed by atoms with Gasteiger partial charge < -0.3 is 4.74 Å². The van der Waals surface area contributed by atoms with E-state index < -0.39 is 15.8 Å². The van der Waals surface area contributed by atoms with Gasteiger partial charge in [0.15, 0.2) is 0 Å². The number of benzene rings is 6. The van der Waals surface area contributed by atoms with Crippen molar-refractivity contribution in [3.63, 3.8) is 0 Å². The first-order valence-corrected chi connectivity index (χ1v) is 16.6. The Balaban J connectivity index is 1.50. The lowest BCUT2D eigenvalue weighted by atomic mass is 10.0. The fourth-order valence-corrected chi connectivity index (χ4v) is 10.2. The highest BCUT2D eigenvalue weighted by Crippen LogP contribution is 2.38. The van der Waals surface area contributed by atoms with Gasteiger partial charge in [0.25, 0.3) is 0 Å². The third-order valence-electron chi connectivity index (χ3n) is 7.20. The molecule has 6 aromatic carbocycles. The largest absolute Gasteiger partial charge is 0.497 e. The van der Waals surface area contributed by atoms with E-state index in [1.54, 1.807) is 7.11 Å². The third kappa shape index (κ3) is 6.18. The molecule has 0 saturated heterocycles. The fourth-order valence-electron chi connectivity index (χ4n) is 5.29. The van der Waals surface area contributed by atoms with Gasteiger partial charge in [0.2, 0.25) is 0 Å². The lowest BCUT2D eigenvalue weighted by Crippen LogP contribution is -2.26. The Labute approximate surface area is 246 Å². The minimum atomic E-state index is -0.743. The zero-order valence-corrected chi connectivity index (χ0v) is 24.9. The molecule has 0 unspecified atom stereocenters. The summed E-state index contributed by atoms with van der Waals surface area (Å²) in [6.45, 7) is 0. The van der Waals surface area contributed by atoms with E-state index in [0.717, 1.165) is 12.2 Å². The highest BCUT2D eigenvalue weighted by Gasteiger charge is 2.23. The SMILES string of the molecule is COc1ccc(P(c2ccccc2)c2ccccc2)c(Cc2ccccc2P(c2ccccc2)c2ccccc2)c1. The van der Waals surface area contributed by atoms with Crippen molar-refractivity contribution in [3.05, 3.63) is 175 Å². The van der Waals surface area contributed by atoms with Crippen LogP contribution in [-0.4, -0.2) is 7.11 Å². The summed E-state index contributed by atoms with van der Waals surface area (Å²) in [5, 5.41) is 8.20. The summed E-state index contributed by atoms with van der Waals surface area (Å²) in [7, 11) is 0.302. The van der Waals surface area contributed by atoms with E-state index in [1.807, 2.05) is 0 Å². The van der Waals surface area contributed by atoms with Crippen molar-refractivity contribution in [2.45, 2.75) is 6.42 Å². The van der Waals surface area contributed by atoms with Crippen LogP contribution in [0.5, 0.6) is 5.75 Å². The van der Waals surface area contributed by atoms with Crippen molar-refractivity contribution in [2.24, 2.45) is 0 Å². The highest BCUT2D eigenvalue weighted by molar-refractivity contribution is 7.80. The van der Waals surface area contributed by atoms with Crippen LogP contribution >= 0.6 is 15.8 Å². The summed E-state index contributed by atoms with van der Waals surface area (Å²) in [6, 6.07) is 59.5. The summed E-state index contributed by atoms with van der Waals surface area (Å²) in [6.07, 6.45) is 0.833. The summed E-state index contributed by atoms with van der Waals surface area (Å²) in [5.41, 5.74) is 2.67. The Morgan fingerprint density at radius 2 is 0.805 bits per heavy atom. The lowest BCUT2D eigenvalue weighted by Gasteiger charge is -2.25. The van der Waals surface area contributed by atoms with Gasteiger partial charge in [-0.1, -0.05) is 146 Å². The molecule has 0 radical (unpaired) electrons. The number of rotatable bonds is 9. The Kier molecular flexibility index (Phi) is 8.68. The first-order chi connectivity index (χ1) is 20.3. The average molecular weight is 567 g/mol. The van der Waals surface area contributed by atoms with Crippen molar-refractivity contribution < 1.29 is 4.74 Å². The predicted octanol–water partition coefficient (Wildman–Crippen LogP) is 6.80. The van der Waals surface area contributed by atoms with Gasteiger partial charge in [0.1, 0.15) is 5.75 Å². The first-order valence-electron chi connectivity index (χ1n) is 13.9. The summed E-state index contributed by atoms with van der Waals surface area (Å²) in [5.74, 6) is 0.894. The predicted molar refractivity (Wildman–Crippen MR) is 180 cm³/mol. The molecule has 0 amide bonds. The molecule has 0 atom stereocenters. The molecule has 6 rings (SSSR count). The normalized spacial score (nSPS) is 11.1. The molecule has 0 N–H and O–H groups in total. The van der Waals surface area contributed by atoms with Crippen molar-refractivity contribution in [2.75, 3.05) is 7.11 Å². The molecule has 0 aliphatic heterocycles. The van der Waals surface area contributed by atoms with Crippen LogP contribution in [0.15, 0.2) is 164 Å². The second kappa shape index (κ2) is 13.1. The molecule has 0 spiro atoms. The van der Waals surface area contributed by atoms with Crippen molar-refractivity contribution in [1.82, 2.24) is 0 Å². The van der Waals surface area contributed by atoms with Crippen LogP contribution in [0.25, 0.3) is 0 Å². The molecule has 3 heteroatoms. The number of hydrogen-bond acceptors (Lipinski definition) is 1. The zero-order valence-electron chi connectivity index (χ0n) is 23.1. The van der Waals surface area contributed by atoms with E-state index in [4.69, 9.17) is 4.74 Å². The zero-order chi connectivity index (χ0) is 27.9. The maximum Gasteiger partial charge on any atom is 0.119 e. The van der Waals surface area contributed by atoms with E-state index >= 15 is 0 Å². The van der Waals surface area contributed by atoms with Crippen LogP contribution in [0.1, 0.15) is 11.1 Å². The van der Waals surface area contributed by atoms with E-state index in [2.05, 4.69) is 164 Å². The van der Waals surface area contributed by atoms with E-state index in [1.165, 1.54) is 43.0 Å². The minimum Gasteiger partial charge on any atom is -0.497 e. The van der Waals surface area contributed by atoms with Gasteiger partial charge in [-0.2, -0.15) is 0 Å². The molecule has 6 aromatic rings. The quantitative estimate of drug-likeness (QED) is 0.175. The van der Waals surface area contributed by atoms with Crippen LogP contribution in [0.4, 0.5) is 0 Å². The van der Waals surface area contributed by atoms with Gasteiger partial charge in [-0.05, 0) is 83.4 Å². The topological polar surface area (TPSA) is 9.23 Å². The maximum absolute atomic E-state index is 5.77. The second-order valence-corrected chi connectivity index (χ2v) is 14.2. The molecule has 1 nitrogen and oxygen atoms in total. The second-order valence-electron chi connectivity index (χ2n) is 9.81. The van der Waals surface area contributed by atoms with E-state index in [-0.39, 0.29) is 0 Å². The molecule has 0 aromatic heterocycles. The lowest BCUT2D eigenvalue weighted by molar-refractivity contribution is 0.414. The van der Waals surface area contributed by atoms with Gasteiger partial charge in [-0.15, -0.1) is 0 Å². The standard InChI is InChI=1S/C38H32OP2/c1-39-32-26-27-38(41(35-21-10-4-11-22-35)36-23-12-5-13-24-36)31(29-32)28-30-16-14-15-25-37(30)40(33-17-6-2-7-18-33)34-19-8-3-9-20-34/h2-27,29H,28H2,1H3. The number of ether oxygens (including phenoxy) is 1. The molecule has 41 heavy (non-hydrogen) atoms. The van der Waals surface area contributed by atoms with E-state index in [0.29, 0.717) is 0 Å². The van der Waals surface area contributed by atoms with Crippen LogP contribution in [0.3, 0.4) is 0 Å². The van der Waals surface area contributed by atoms with Crippen LogP contribution in [-0.2, 0) is 6.42 Å². The monoisotopic (exact) mass is 566 g/mol. The third-order valence-corrected chi connectivity index (χ3v) is 12.3. The summed E-state index contributed by atoms with van der Waals surface area (Å²) < 4.78 is 5.77. The smallest absolute Gasteiger partial charge is 0.119 e. The maximum atomic E-state index is 5.77. The van der Waals surface area contributed by atoms with Gasteiger partial charge in [0, 0.05) is 0 Å². The molecule has 0 heterocycles. The molecular formula is C38H32OP2. The Morgan fingerprint density at radius 3 is 1.24 bits per heavy atom. The summed E-state index contributed by atoms with van der Waals surface area (Å²) >= 11 is 0. The van der Waals surface area contributed by atoms with Crippen molar-refractivity contribution in [1.29, 1.82) is 0 Å². The molecule has 0 bridgehead atoms. The van der Waals surface area contributed by atoms with Crippen LogP contribution in [0, 0.1) is 0 Å².